The lowest BCUT2D eigenvalue weighted by Gasteiger charge is -2.29. The van der Waals surface area contributed by atoms with Crippen LogP contribution >= 0.6 is 0 Å². The number of non-ortho nitro benzene ring substituents is 1. The Morgan fingerprint density at radius 2 is 1.57 bits per heavy atom. The number of pyridine rings is 1. The zero-order valence-corrected chi connectivity index (χ0v) is 13.1. The van der Waals surface area contributed by atoms with Crippen molar-refractivity contribution in [3.63, 3.8) is 0 Å². The molecule has 3 rings (SSSR count). The minimum Gasteiger partial charge on any atom is -0.322 e. The zero-order valence-electron chi connectivity index (χ0n) is 13.1. The molecule has 6 heteroatoms. The summed E-state index contributed by atoms with van der Waals surface area (Å²) in [6.45, 7) is 6.55. The Morgan fingerprint density at radius 1 is 0.957 bits per heavy atom. The molecule has 0 amide bonds. The highest BCUT2D eigenvalue weighted by Gasteiger charge is 2.23. The van der Waals surface area contributed by atoms with Crippen LogP contribution in [0.15, 0.2) is 48.8 Å². The molecule has 2 N–H and O–H groups in total. The smallest absolute Gasteiger partial charge is 0.269 e. The van der Waals surface area contributed by atoms with Crippen LogP contribution in [0.25, 0.3) is 0 Å². The fourth-order valence-electron chi connectivity index (χ4n) is 3.13. The van der Waals surface area contributed by atoms with Gasteiger partial charge in [-0.1, -0.05) is 6.07 Å². The SMILES string of the molecule is O=[N+]([O-])c1ccc(C[NH+]2CC[NH+](Cc3cccnc3)CC2)cc1. The molecule has 1 saturated heterocycles. The van der Waals surface area contributed by atoms with Crippen molar-refractivity contribution >= 4 is 5.69 Å². The molecule has 6 nitrogen and oxygen atoms in total. The summed E-state index contributed by atoms with van der Waals surface area (Å²) in [5, 5.41) is 10.7. The fraction of sp³-hybridized carbons (Fsp3) is 0.353. The van der Waals surface area contributed by atoms with E-state index < -0.39 is 0 Å². The number of nitro benzene ring substituents is 1. The molecule has 0 bridgehead atoms. The lowest BCUT2D eigenvalue weighted by molar-refractivity contribution is -1.02. The van der Waals surface area contributed by atoms with Crippen molar-refractivity contribution in [3.8, 4) is 0 Å². The topological polar surface area (TPSA) is 64.9 Å². The van der Waals surface area contributed by atoms with E-state index in [1.165, 1.54) is 11.1 Å². The number of quaternary nitrogens is 2. The third-order valence-corrected chi connectivity index (χ3v) is 4.44. The first kappa shape index (κ1) is 15.6. The van der Waals surface area contributed by atoms with E-state index in [1.807, 2.05) is 30.6 Å². The van der Waals surface area contributed by atoms with Gasteiger partial charge in [0.05, 0.1) is 4.92 Å². The summed E-state index contributed by atoms with van der Waals surface area (Å²) in [6, 6.07) is 11.1. The first-order chi connectivity index (χ1) is 11.2. The highest BCUT2D eigenvalue weighted by atomic mass is 16.6. The number of aromatic nitrogens is 1. The van der Waals surface area contributed by atoms with Crippen LogP contribution < -0.4 is 9.80 Å². The second kappa shape index (κ2) is 7.30. The van der Waals surface area contributed by atoms with Crippen molar-refractivity contribution in [1.29, 1.82) is 0 Å². The summed E-state index contributed by atoms with van der Waals surface area (Å²) >= 11 is 0. The van der Waals surface area contributed by atoms with Gasteiger partial charge in [-0.05, 0) is 18.2 Å². The first-order valence-electron chi connectivity index (χ1n) is 8.00. The lowest BCUT2D eigenvalue weighted by Crippen LogP contribution is -3.27. The first-order valence-corrected chi connectivity index (χ1v) is 8.00. The van der Waals surface area contributed by atoms with E-state index in [-0.39, 0.29) is 10.6 Å². The summed E-state index contributed by atoms with van der Waals surface area (Å²) in [6.07, 6.45) is 3.76. The molecule has 23 heavy (non-hydrogen) atoms. The summed E-state index contributed by atoms with van der Waals surface area (Å²) in [5.74, 6) is 0. The van der Waals surface area contributed by atoms with Gasteiger partial charge in [-0.25, -0.2) is 0 Å². The lowest BCUT2D eigenvalue weighted by atomic mass is 10.1. The molecule has 0 saturated carbocycles. The van der Waals surface area contributed by atoms with Gasteiger partial charge in [0.15, 0.2) is 0 Å². The average Bonchev–Trinajstić information content (AvgIpc) is 2.58. The molecule has 2 aromatic rings. The molecule has 2 heterocycles. The third-order valence-electron chi connectivity index (χ3n) is 4.44. The molecule has 1 aromatic carbocycles. The number of nitro groups is 1. The summed E-state index contributed by atoms with van der Waals surface area (Å²) in [5.41, 5.74) is 2.62. The van der Waals surface area contributed by atoms with E-state index in [4.69, 9.17) is 0 Å². The number of benzene rings is 1. The van der Waals surface area contributed by atoms with Crippen molar-refractivity contribution in [2.45, 2.75) is 13.1 Å². The average molecular weight is 314 g/mol. The van der Waals surface area contributed by atoms with Crippen molar-refractivity contribution in [2.24, 2.45) is 0 Å². The van der Waals surface area contributed by atoms with E-state index in [9.17, 15) is 10.1 Å². The van der Waals surface area contributed by atoms with E-state index in [0.29, 0.717) is 0 Å². The van der Waals surface area contributed by atoms with Gasteiger partial charge in [-0.2, -0.15) is 0 Å². The quantitative estimate of drug-likeness (QED) is 0.576. The number of hydrogen-bond acceptors (Lipinski definition) is 3. The number of rotatable bonds is 5. The monoisotopic (exact) mass is 314 g/mol. The van der Waals surface area contributed by atoms with Crippen LogP contribution in [0.3, 0.4) is 0 Å². The number of piperazine rings is 1. The molecule has 0 unspecified atom stereocenters. The van der Waals surface area contributed by atoms with Gasteiger partial charge in [0.1, 0.15) is 39.3 Å². The largest absolute Gasteiger partial charge is 0.322 e. The van der Waals surface area contributed by atoms with Crippen molar-refractivity contribution in [3.05, 3.63) is 70.0 Å². The van der Waals surface area contributed by atoms with Crippen LogP contribution in [0.4, 0.5) is 5.69 Å². The van der Waals surface area contributed by atoms with E-state index in [0.717, 1.165) is 39.3 Å². The summed E-state index contributed by atoms with van der Waals surface area (Å²) in [7, 11) is 0. The third kappa shape index (κ3) is 4.34. The van der Waals surface area contributed by atoms with Crippen molar-refractivity contribution < 1.29 is 14.7 Å². The molecule has 1 aliphatic heterocycles. The maximum atomic E-state index is 10.7. The Morgan fingerprint density at radius 3 is 2.09 bits per heavy atom. The van der Waals surface area contributed by atoms with E-state index in [1.54, 1.807) is 21.9 Å². The second-order valence-electron chi connectivity index (χ2n) is 6.14. The Balaban J connectivity index is 1.48. The van der Waals surface area contributed by atoms with Crippen LogP contribution in [0, 0.1) is 10.1 Å². The Labute approximate surface area is 135 Å². The van der Waals surface area contributed by atoms with Crippen LogP contribution in [-0.4, -0.2) is 36.1 Å². The number of nitrogens with one attached hydrogen (secondary N) is 2. The maximum absolute atomic E-state index is 10.7. The van der Waals surface area contributed by atoms with Crippen LogP contribution in [-0.2, 0) is 13.1 Å². The van der Waals surface area contributed by atoms with Gasteiger partial charge in [0.2, 0.25) is 0 Å². The van der Waals surface area contributed by atoms with Gasteiger partial charge in [0, 0.05) is 35.7 Å². The minimum atomic E-state index is -0.350. The van der Waals surface area contributed by atoms with Gasteiger partial charge in [-0.15, -0.1) is 0 Å². The molecule has 0 spiro atoms. The molecule has 120 valence electrons. The molecule has 0 atom stereocenters. The molecule has 1 aromatic heterocycles. The standard InChI is InChI=1S/C17H20N4O2/c22-21(23)17-5-3-15(4-6-17)13-19-8-10-20(11-9-19)14-16-2-1-7-18-12-16/h1-7,12H,8-11,13-14H2/p+2. The van der Waals surface area contributed by atoms with Crippen LogP contribution in [0.5, 0.6) is 0 Å². The molecular formula is C17H22N4O2+2. The van der Waals surface area contributed by atoms with Gasteiger partial charge in [-0.3, -0.25) is 15.1 Å². The fourth-order valence-corrected chi connectivity index (χ4v) is 3.13. The molecular weight excluding hydrogens is 292 g/mol. The second-order valence-corrected chi connectivity index (χ2v) is 6.14. The van der Waals surface area contributed by atoms with Crippen molar-refractivity contribution in [1.82, 2.24) is 4.98 Å². The predicted octanol–water partition coefficient (Wildman–Crippen LogP) is -0.527. The highest BCUT2D eigenvalue weighted by Crippen LogP contribution is 2.11. The van der Waals surface area contributed by atoms with E-state index in [2.05, 4.69) is 11.1 Å². The molecule has 1 aliphatic rings. The minimum absolute atomic E-state index is 0.162. The van der Waals surface area contributed by atoms with Gasteiger partial charge < -0.3 is 9.80 Å². The van der Waals surface area contributed by atoms with Gasteiger partial charge >= 0.3 is 0 Å². The molecule has 0 aliphatic carbocycles. The summed E-state index contributed by atoms with van der Waals surface area (Å²) in [4.78, 5) is 17.7. The predicted molar refractivity (Wildman–Crippen MR) is 86.1 cm³/mol. The molecule has 0 radical (unpaired) electrons. The summed E-state index contributed by atoms with van der Waals surface area (Å²) < 4.78 is 0. The maximum Gasteiger partial charge on any atom is 0.269 e. The zero-order chi connectivity index (χ0) is 16.1. The number of hydrogen-bond donors (Lipinski definition) is 2. The Hall–Kier alpha value is -2.31. The Kier molecular flexibility index (Phi) is 4.95. The highest BCUT2D eigenvalue weighted by molar-refractivity contribution is 5.32. The molecule has 1 fully saturated rings. The van der Waals surface area contributed by atoms with Crippen molar-refractivity contribution in [2.75, 3.05) is 26.2 Å². The van der Waals surface area contributed by atoms with Gasteiger partial charge in [0.25, 0.3) is 5.69 Å². The number of nitrogens with zero attached hydrogens (tertiary/aromatic N) is 2. The van der Waals surface area contributed by atoms with E-state index >= 15 is 0 Å². The Bertz CT molecular complexity index is 637. The van der Waals surface area contributed by atoms with Crippen LogP contribution in [0.1, 0.15) is 11.1 Å². The van der Waals surface area contributed by atoms with Crippen LogP contribution in [0.2, 0.25) is 0 Å². The normalized spacial score (nSPS) is 21.0.